The van der Waals surface area contributed by atoms with E-state index in [4.69, 9.17) is 5.11 Å². The first kappa shape index (κ1) is 12.1. The highest BCUT2D eigenvalue weighted by Crippen LogP contribution is 2.32. The predicted octanol–water partition coefficient (Wildman–Crippen LogP) is 0.447. The Labute approximate surface area is 110 Å². The van der Waals surface area contributed by atoms with Gasteiger partial charge in [0.05, 0.1) is 13.2 Å². The minimum absolute atomic E-state index is 0.168. The minimum atomic E-state index is 0.168. The van der Waals surface area contributed by atoms with Gasteiger partial charge in [0.2, 0.25) is 11.1 Å². The van der Waals surface area contributed by atoms with Crippen LogP contribution in [0.15, 0.2) is 10.1 Å². The number of aliphatic hydroxyl groups excluding tert-OH is 1. The van der Waals surface area contributed by atoms with Crippen LogP contribution in [0.25, 0.3) is 0 Å². The molecule has 2 aliphatic rings. The van der Waals surface area contributed by atoms with Crippen LogP contribution in [0, 0.1) is 5.92 Å². The molecule has 1 aliphatic heterocycles. The van der Waals surface area contributed by atoms with Crippen molar-refractivity contribution in [2.24, 2.45) is 10.9 Å². The fraction of sp³-hybridized carbons (Fsp3) is 0.727. The van der Waals surface area contributed by atoms with E-state index >= 15 is 0 Å². The minimum Gasteiger partial charge on any atom is -0.395 e. The first-order valence-electron chi connectivity index (χ1n) is 6.23. The number of aliphatic hydroxyl groups is 1. The highest BCUT2D eigenvalue weighted by Gasteiger charge is 2.35. The highest BCUT2D eigenvalue weighted by molar-refractivity contribution is 7.98. The molecule has 0 aromatic carbocycles. The standard InChI is InChI=1S/C11H17N5OS/c1-18-11-14-10-13-9-7(6-16(10)15-11)2-3-8(9)12-4-5-17/h7-8,12,17H,2-6H2,1H3. The van der Waals surface area contributed by atoms with Crippen molar-refractivity contribution in [1.82, 2.24) is 20.1 Å². The Morgan fingerprint density at radius 2 is 2.39 bits per heavy atom. The topological polar surface area (TPSA) is 75.3 Å². The molecule has 2 heterocycles. The van der Waals surface area contributed by atoms with Gasteiger partial charge in [-0.25, -0.2) is 9.67 Å². The maximum absolute atomic E-state index is 8.88. The second-order valence-electron chi connectivity index (χ2n) is 4.62. The summed E-state index contributed by atoms with van der Waals surface area (Å²) in [4.78, 5) is 9.05. The third kappa shape index (κ3) is 2.06. The number of thioether (sulfide) groups is 1. The van der Waals surface area contributed by atoms with Crippen LogP contribution in [0.1, 0.15) is 12.8 Å². The summed E-state index contributed by atoms with van der Waals surface area (Å²) >= 11 is 1.54. The van der Waals surface area contributed by atoms with E-state index in [2.05, 4.69) is 20.4 Å². The maximum Gasteiger partial charge on any atom is 0.248 e. The molecule has 0 spiro atoms. The lowest BCUT2D eigenvalue weighted by Gasteiger charge is -2.20. The fourth-order valence-electron chi connectivity index (χ4n) is 2.68. The van der Waals surface area contributed by atoms with Crippen LogP contribution >= 0.6 is 11.8 Å². The van der Waals surface area contributed by atoms with Crippen molar-refractivity contribution < 1.29 is 5.11 Å². The molecule has 98 valence electrons. The Bertz CT molecular complexity index is 472. The van der Waals surface area contributed by atoms with Crippen molar-refractivity contribution in [3.8, 4) is 0 Å². The smallest absolute Gasteiger partial charge is 0.248 e. The first-order chi connectivity index (χ1) is 8.81. The number of nitrogens with zero attached hydrogens (tertiary/aromatic N) is 4. The van der Waals surface area contributed by atoms with Crippen LogP contribution in [0.5, 0.6) is 0 Å². The Morgan fingerprint density at radius 3 is 3.17 bits per heavy atom. The van der Waals surface area contributed by atoms with Gasteiger partial charge < -0.3 is 10.4 Å². The van der Waals surface area contributed by atoms with E-state index in [-0.39, 0.29) is 6.61 Å². The molecule has 2 N–H and O–H groups in total. The number of nitrogens with one attached hydrogen (secondary N) is 1. The largest absolute Gasteiger partial charge is 0.395 e. The monoisotopic (exact) mass is 267 g/mol. The summed E-state index contributed by atoms with van der Waals surface area (Å²) < 4.78 is 1.91. The molecule has 2 unspecified atom stereocenters. The molecule has 1 saturated carbocycles. The molecule has 0 saturated heterocycles. The second-order valence-corrected chi connectivity index (χ2v) is 5.40. The van der Waals surface area contributed by atoms with Gasteiger partial charge in [-0.15, -0.1) is 5.10 Å². The van der Waals surface area contributed by atoms with Crippen molar-refractivity contribution in [2.75, 3.05) is 19.4 Å². The molecule has 1 aromatic rings. The molecule has 7 heteroatoms. The molecule has 3 rings (SSSR count). The lowest BCUT2D eigenvalue weighted by Crippen LogP contribution is -2.38. The van der Waals surface area contributed by atoms with Gasteiger partial charge in [-0.2, -0.15) is 4.98 Å². The quantitative estimate of drug-likeness (QED) is 0.775. The lowest BCUT2D eigenvalue weighted by molar-refractivity contribution is 0.289. The number of aromatic nitrogens is 3. The van der Waals surface area contributed by atoms with Crippen molar-refractivity contribution in [3.05, 3.63) is 0 Å². The lowest BCUT2D eigenvalue weighted by atomic mass is 10.0. The molecule has 18 heavy (non-hydrogen) atoms. The SMILES string of the molecule is CSc1nc2n(n1)CC1CCC(NCCO)C1=N2. The van der Waals surface area contributed by atoms with Crippen LogP contribution in [0.4, 0.5) is 5.95 Å². The molecular weight excluding hydrogens is 250 g/mol. The summed E-state index contributed by atoms with van der Waals surface area (Å²) in [6, 6.07) is 0.297. The molecule has 0 radical (unpaired) electrons. The van der Waals surface area contributed by atoms with E-state index in [0.717, 1.165) is 30.5 Å². The summed E-state index contributed by atoms with van der Waals surface area (Å²) in [5, 5.41) is 17.4. The molecule has 1 fully saturated rings. The van der Waals surface area contributed by atoms with E-state index in [0.29, 0.717) is 18.5 Å². The average molecular weight is 267 g/mol. The Balaban J connectivity index is 1.84. The number of aliphatic imine (C=N–C) groups is 1. The zero-order valence-corrected chi connectivity index (χ0v) is 11.2. The summed E-state index contributed by atoms with van der Waals surface area (Å²) in [5.74, 6) is 1.20. The molecule has 2 atom stereocenters. The van der Waals surface area contributed by atoms with Gasteiger partial charge >= 0.3 is 0 Å². The zero-order chi connectivity index (χ0) is 12.5. The van der Waals surface area contributed by atoms with Crippen molar-refractivity contribution >= 4 is 23.4 Å². The van der Waals surface area contributed by atoms with Gasteiger partial charge in [-0.1, -0.05) is 11.8 Å². The normalized spacial score (nSPS) is 25.8. The molecule has 1 aromatic heterocycles. The van der Waals surface area contributed by atoms with Crippen molar-refractivity contribution in [3.63, 3.8) is 0 Å². The Kier molecular flexibility index (Phi) is 3.36. The van der Waals surface area contributed by atoms with Crippen LogP contribution in [0.3, 0.4) is 0 Å². The number of hydrogen-bond donors (Lipinski definition) is 2. The van der Waals surface area contributed by atoms with Gasteiger partial charge in [0.1, 0.15) is 0 Å². The van der Waals surface area contributed by atoms with Crippen molar-refractivity contribution in [2.45, 2.75) is 30.6 Å². The predicted molar refractivity (Wildman–Crippen MR) is 70.5 cm³/mol. The van der Waals surface area contributed by atoms with E-state index in [1.807, 2.05) is 10.9 Å². The van der Waals surface area contributed by atoms with Gasteiger partial charge in [0.25, 0.3) is 0 Å². The van der Waals surface area contributed by atoms with Crippen molar-refractivity contribution in [1.29, 1.82) is 0 Å². The van der Waals surface area contributed by atoms with Gasteiger partial charge in [-0.05, 0) is 19.1 Å². The number of fused-ring (bicyclic) bond motifs is 2. The van der Waals surface area contributed by atoms with E-state index < -0.39 is 0 Å². The van der Waals surface area contributed by atoms with Crippen LogP contribution in [-0.2, 0) is 6.54 Å². The molecule has 1 aliphatic carbocycles. The third-order valence-electron chi connectivity index (χ3n) is 3.52. The van der Waals surface area contributed by atoms with E-state index in [9.17, 15) is 0 Å². The van der Waals surface area contributed by atoms with E-state index in [1.165, 1.54) is 5.71 Å². The molecular formula is C11H17N5OS. The maximum atomic E-state index is 8.88. The zero-order valence-electron chi connectivity index (χ0n) is 10.3. The second kappa shape index (κ2) is 4.99. The van der Waals surface area contributed by atoms with Gasteiger partial charge in [0.15, 0.2) is 0 Å². The number of hydrogen-bond acceptors (Lipinski definition) is 6. The van der Waals surface area contributed by atoms with Crippen LogP contribution in [0.2, 0.25) is 0 Å². The van der Waals surface area contributed by atoms with Crippen LogP contribution in [-0.4, -0.2) is 51.0 Å². The summed E-state index contributed by atoms with van der Waals surface area (Å²) in [6.45, 7) is 1.68. The molecule has 6 nitrogen and oxygen atoms in total. The Hall–Kier alpha value is -0.920. The summed E-state index contributed by atoms with van der Waals surface area (Å²) in [6.07, 6.45) is 4.19. The third-order valence-corrected chi connectivity index (χ3v) is 4.06. The highest BCUT2D eigenvalue weighted by atomic mass is 32.2. The molecule has 0 bridgehead atoms. The Morgan fingerprint density at radius 1 is 1.50 bits per heavy atom. The summed E-state index contributed by atoms with van der Waals surface area (Å²) in [5.41, 5.74) is 1.19. The average Bonchev–Trinajstić information content (AvgIpc) is 2.96. The fourth-order valence-corrected chi connectivity index (χ4v) is 3.03. The van der Waals surface area contributed by atoms with Gasteiger partial charge in [-0.3, -0.25) is 0 Å². The number of rotatable bonds is 4. The summed E-state index contributed by atoms with van der Waals surface area (Å²) in [7, 11) is 0. The molecule has 0 amide bonds. The van der Waals surface area contributed by atoms with Gasteiger partial charge in [0, 0.05) is 24.2 Å². The van der Waals surface area contributed by atoms with Crippen LogP contribution < -0.4 is 5.32 Å². The first-order valence-corrected chi connectivity index (χ1v) is 7.46. The van der Waals surface area contributed by atoms with E-state index in [1.54, 1.807) is 11.8 Å².